The van der Waals surface area contributed by atoms with Crippen LogP contribution in [-0.4, -0.2) is 29.1 Å². The Hall–Kier alpha value is -1.55. The van der Waals surface area contributed by atoms with E-state index in [1.165, 1.54) is 5.56 Å². The molecule has 0 aliphatic carbocycles. The molecular formula is C14H20N2O2. The van der Waals surface area contributed by atoms with Crippen molar-refractivity contribution in [3.63, 3.8) is 0 Å². The van der Waals surface area contributed by atoms with Crippen LogP contribution in [0.5, 0.6) is 0 Å². The zero-order valence-electron chi connectivity index (χ0n) is 10.7. The van der Waals surface area contributed by atoms with E-state index in [9.17, 15) is 4.79 Å². The van der Waals surface area contributed by atoms with E-state index in [0.717, 1.165) is 31.6 Å². The smallest absolute Gasteiger partial charge is 0.306 e. The van der Waals surface area contributed by atoms with Gasteiger partial charge in [0.1, 0.15) is 0 Å². The summed E-state index contributed by atoms with van der Waals surface area (Å²) in [6.07, 6.45) is 1.48. The number of nitrogens with zero attached hydrogens (tertiary/aromatic N) is 1. The number of benzene rings is 1. The first-order valence-electron chi connectivity index (χ1n) is 6.40. The minimum atomic E-state index is -0.661. The zero-order valence-corrected chi connectivity index (χ0v) is 10.7. The number of carboxylic acid groups (broad SMARTS) is 1. The summed E-state index contributed by atoms with van der Waals surface area (Å²) < 4.78 is 0. The Bertz CT molecular complexity index is 426. The van der Waals surface area contributed by atoms with Gasteiger partial charge >= 0.3 is 5.97 Å². The molecule has 1 aliphatic rings. The van der Waals surface area contributed by atoms with E-state index >= 15 is 0 Å². The molecule has 1 aliphatic heterocycles. The van der Waals surface area contributed by atoms with Crippen LogP contribution in [0.2, 0.25) is 0 Å². The lowest BCUT2D eigenvalue weighted by atomic mass is 9.95. The van der Waals surface area contributed by atoms with E-state index < -0.39 is 5.97 Å². The fraction of sp³-hybridized carbons (Fsp3) is 0.500. The third-order valence-corrected chi connectivity index (χ3v) is 3.82. The summed E-state index contributed by atoms with van der Waals surface area (Å²) in [6, 6.07) is 8.21. The van der Waals surface area contributed by atoms with Crippen LogP contribution in [0.1, 0.15) is 31.4 Å². The van der Waals surface area contributed by atoms with E-state index in [4.69, 9.17) is 10.8 Å². The van der Waals surface area contributed by atoms with Gasteiger partial charge in [-0.15, -0.1) is 0 Å². The normalized spacial score (nSPS) is 19.6. The number of likely N-dealkylation sites (tertiary alicyclic amines) is 1. The highest BCUT2D eigenvalue weighted by Gasteiger charge is 2.27. The number of aliphatic carboxylic acids is 1. The first kappa shape index (κ1) is 12.9. The minimum Gasteiger partial charge on any atom is -0.481 e. The van der Waals surface area contributed by atoms with Gasteiger partial charge in [-0.3, -0.25) is 9.69 Å². The molecule has 1 aromatic carbocycles. The van der Waals surface area contributed by atoms with E-state index in [-0.39, 0.29) is 5.92 Å². The Morgan fingerprint density at radius 3 is 2.67 bits per heavy atom. The summed E-state index contributed by atoms with van der Waals surface area (Å²) in [6.45, 7) is 3.83. The summed E-state index contributed by atoms with van der Waals surface area (Å²) >= 11 is 0. The molecule has 4 heteroatoms. The standard InChI is InChI=1S/C14H20N2O2/c1-10(12-3-2-4-13(15)9-12)16-7-5-11(6-8-16)14(17)18/h2-4,9-11H,5-8,15H2,1H3,(H,17,18). The maximum Gasteiger partial charge on any atom is 0.306 e. The van der Waals surface area contributed by atoms with Gasteiger partial charge in [-0.05, 0) is 50.6 Å². The van der Waals surface area contributed by atoms with Crippen LogP contribution in [0.3, 0.4) is 0 Å². The molecule has 1 saturated heterocycles. The Kier molecular flexibility index (Phi) is 3.87. The van der Waals surface area contributed by atoms with Gasteiger partial charge in [-0.2, -0.15) is 0 Å². The number of hydrogen-bond acceptors (Lipinski definition) is 3. The first-order chi connectivity index (χ1) is 8.58. The number of nitrogens with two attached hydrogens (primary N) is 1. The summed E-state index contributed by atoms with van der Waals surface area (Å²) in [7, 11) is 0. The number of piperidine rings is 1. The number of anilines is 1. The van der Waals surface area contributed by atoms with Gasteiger partial charge in [0.05, 0.1) is 5.92 Å². The highest BCUT2D eigenvalue weighted by Crippen LogP contribution is 2.27. The van der Waals surface area contributed by atoms with Crippen molar-refractivity contribution < 1.29 is 9.90 Å². The molecule has 1 fully saturated rings. The van der Waals surface area contributed by atoms with E-state index in [2.05, 4.69) is 17.9 Å². The van der Waals surface area contributed by atoms with Gasteiger partial charge < -0.3 is 10.8 Å². The molecule has 18 heavy (non-hydrogen) atoms. The number of rotatable bonds is 3. The SMILES string of the molecule is CC(c1cccc(N)c1)N1CCC(C(=O)O)CC1. The Labute approximate surface area is 107 Å². The number of hydrogen-bond donors (Lipinski definition) is 2. The second kappa shape index (κ2) is 5.40. The molecule has 1 heterocycles. The van der Waals surface area contributed by atoms with Crippen molar-refractivity contribution in [2.75, 3.05) is 18.8 Å². The van der Waals surface area contributed by atoms with E-state index in [1.54, 1.807) is 0 Å². The zero-order chi connectivity index (χ0) is 13.1. The van der Waals surface area contributed by atoms with E-state index in [1.807, 2.05) is 18.2 Å². The van der Waals surface area contributed by atoms with Crippen LogP contribution in [0.15, 0.2) is 24.3 Å². The molecule has 0 radical (unpaired) electrons. The van der Waals surface area contributed by atoms with Gasteiger partial charge in [-0.1, -0.05) is 12.1 Å². The molecule has 1 atom stereocenters. The predicted molar refractivity (Wildman–Crippen MR) is 71.2 cm³/mol. The maximum atomic E-state index is 10.9. The summed E-state index contributed by atoms with van der Waals surface area (Å²) in [5.41, 5.74) is 7.77. The molecule has 0 amide bonds. The fourth-order valence-electron chi connectivity index (χ4n) is 2.56. The quantitative estimate of drug-likeness (QED) is 0.804. The molecule has 1 aromatic rings. The largest absolute Gasteiger partial charge is 0.481 e. The predicted octanol–water partition coefficient (Wildman–Crippen LogP) is 2.13. The van der Waals surface area contributed by atoms with Gasteiger partial charge in [0.2, 0.25) is 0 Å². The molecule has 98 valence electrons. The van der Waals surface area contributed by atoms with Gasteiger partial charge in [0.15, 0.2) is 0 Å². The fourth-order valence-corrected chi connectivity index (χ4v) is 2.56. The van der Waals surface area contributed by atoms with Gasteiger partial charge in [0.25, 0.3) is 0 Å². The molecule has 4 nitrogen and oxygen atoms in total. The first-order valence-corrected chi connectivity index (χ1v) is 6.40. The molecule has 0 aromatic heterocycles. The van der Waals surface area contributed by atoms with Crippen LogP contribution >= 0.6 is 0 Å². The highest BCUT2D eigenvalue weighted by atomic mass is 16.4. The third kappa shape index (κ3) is 2.82. The molecule has 2 rings (SSSR count). The average molecular weight is 248 g/mol. The molecule has 1 unspecified atom stereocenters. The third-order valence-electron chi connectivity index (χ3n) is 3.82. The molecule has 0 spiro atoms. The Morgan fingerprint density at radius 2 is 2.11 bits per heavy atom. The average Bonchev–Trinajstić information content (AvgIpc) is 2.38. The molecule has 3 N–H and O–H groups in total. The summed E-state index contributed by atoms with van der Waals surface area (Å²) in [5.74, 6) is -0.833. The van der Waals surface area contributed by atoms with Crippen molar-refractivity contribution in [2.24, 2.45) is 5.92 Å². The van der Waals surface area contributed by atoms with E-state index in [0.29, 0.717) is 6.04 Å². The van der Waals surface area contributed by atoms with Crippen molar-refractivity contribution >= 4 is 11.7 Å². The number of nitrogen functional groups attached to an aromatic ring is 1. The van der Waals surface area contributed by atoms with Gasteiger partial charge in [-0.25, -0.2) is 0 Å². The van der Waals surface area contributed by atoms with Gasteiger partial charge in [0, 0.05) is 11.7 Å². The van der Waals surface area contributed by atoms with Crippen LogP contribution in [-0.2, 0) is 4.79 Å². The Morgan fingerprint density at radius 1 is 1.44 bits per heavy atom. The van der Waals surface area contributed by atoms with Crippen LogP contribution in [0.4, 0.5) is 5.69 Å². The van der Waals surface area contributed by atoms with Crippen molar-refractivity contribution in [1.29, 1.82) is 0 Å². The monoisotopic (exact) mass is 248 g/mol. The molecule has 0 bridgehead atoms. The summed E-state index contributed by atoms with van der Waals surface area (Å²) in [4.78, 5) is 13.2. The molecular weight excluding hydrogens is 228 g/mol. The second-order valence-corrected chi connectivity index (χ2v) is 4.99. The summed E-state index contributed by atoms with van der Waals surface area (Å²) in [5, 5.41) is 8.98. The molecule has 0 saturated carbocycles. The maximum absolute atomic E-state index is 10.9. The second-order valence-electron chi connectivity index (χ2n) is 4.99. The Balaban J connectivity index is 1.99. The van der Waals surface area contributed by atoms with Crippen molar-refractivity contribution in [3.05, 3.63) is 29.8 Å². The number of carbonyl (C=O) groups is 1. The van der Waals surface area contributed by atoms with Crippen LogP contribution < -0.4 is 5.73 Å². The minimum absolute atomic E-state index is 0.172. The van der Waals surface area contributed by atoms with Crippen LogP contribution in [0.25, 0.3) is 0 Å². The lowest BCUT2D eigenvalue weighted by Gasteiger charge is -2.35. The topological polar surface area (TPSA) is 66.6 Å². The number of carboxylic acids is 1. The lowest BCUT2D eigenvalue weighted by molar-refractivity contribution is -0.143. The van der Waals surface area contributed by atoms with Crippen molar-refractivity contribution in [1.82, 2.24) is 4.90 Å². The van der Waals surface area contributed by atoms with Crippen molar-refractivity contribution in [3.8, 4) is 0 Å². The lowest BCUT2D eigenvalue weighted by Crippen LogP contribution is -2.37. The van der Waals surface area contributed by atoms with Crippen molar-refractivity contribution in [2.45, 2.75) is 25.8 Å². The highest BCUT2D eigenvalue weighted by molar-refractivity contribution is 5.70. The van der Waals surface area contributed by atoms with Crippen LogP contribution in [0, 0.1) is 5.92 Å².